The van der Waals surface area contributed by atoms with Gasteiger partial charge >= 0.3 is 6.18 Å². The number of nitrogens with one attached hydrogen (secondary N) is 1. The summed E-state index contributed by atoms with van der Waals surface area (Å²) < 4.78 is 57.9. The topological polar surface area (TPSA) is 84.7 Å². The Balaban J connectivity index is 1.88. The Morgan fingerprint density at radius 1 is 1.04 bits per heavy atom. The van der Waals surface area contributed by atoms with E-state index in [0.717, 1.165) is 12.1 Å². The molecule has 0 fully saturated rings. The van der Waals surface area contributed by atoms with Crippen molar-refractivity contribution >= 4 is 10.8 Å². The quantitative estimate of drug-likeness (QED) is 0.538. The molecular formula is C17H8F4N4O2. The molecule has 0 saturated heterocycles. The van der Waals surface area contributed by atoms with Gasteiger partial charge in [0.1, 0.15) is 5.82 Å². The largest absolute Gasteiger partial charge is 0.417 e. The highest BCUT2D eigenvalue weighted by Gasteiger charge is 2.35. The van der Waals surface area contributed by atoms with Crippen LogP contribution in [0.3, 0.4) is 0 Å². The fourth-order valence-electron chi connectivity index (χ4n) is 2.65. The zero-order chi connectivity index (χ0) is 19.2. The van der Waals surface area contributed by atoms with Crippen molar-refractivity contribution in [3.63, 3.8) is 0 Å². The van der Waals surface area contributed by atoms with Crippen molar-refractivity contribution in [3.8, 4) is 23.0 Å². The van der Waals surface area contributed by atoms with Gasteiger partial charge in [-0.1, -0.05) is 23.4 Å². The molecule has 0 aliphatic heterocycles. The second kappa shape index (κ2) is 6.01. The highest BCUT2D eigenvalue weighted by Crippen LogP contribution is 2.37. The van der Waals surface area contributed by atoms with Crippen LogP contribution < -0.4 is 5.56 Å². The number of H-pyrrole nitrogens is 1. The predicted molar refractivity (Wildman–Crippen MR) is 86.1 cm³/mol. The lowest BCUT2D eigenvalue weighted by Gasteiger charge is -2.10. The van der Waals surface area contributed by atoms with Gasteiger partial charge in [-0.05, 0) is 24.3 Å². The molecule has 0 spiro atoms. The minimum atomic E-state index is -4.80. The van der Waals surface area contributed by atoms with Gasteiger partial charge in [0.2, 0.25) is 5.82 Å². The molecule has 10 heteroatoms. The molecule has 0 bridgehead atoms. The predicted octanol–water partition coefficient (Wildman–Crippen LogP) is 3.80. The molecule has 0 radical (unpaired) electrons. The smallest absolute Gasteiger partial charge is 0.332 e. The van der Waals surface area contributed by atoms with Crippen LogP contribution in [-0.2, 0) is 6.18 Å². The summed E-state index contributed by atoms with van der Waals surface area (Å²) in [5.74, 6) is -1.60. The van der Waals surface area contributed by atoms with Crippen LogP contribution in [0.25, 0.3) is 33.7 Å². The van der Waals surface area contributed by atoms with Crippen molar-refractivity contribution in [2.75, 3.05) is 0 Å². The van der Waals surface area contributed by atoms with Crippen molar-refractivity contribution in [1.82, 2.24) is 20.3 Å². The maximum atomic E-state index is 13.3. The van der Waals surface area contributed by atoms with Crippen molar-refractivity contribution in [2.45, 2.75) is 6.18 Å². The molecule has 2 aromatic heterocycles. The lowest BCUT2D eigenvalue weighted by molar-refractivity contribution is -0.137. The first-order valence-electron chi connectivity index (χ1n) is 7.53. The molecule has 0 amide bonds. The summed E-state index contributed by atoms with van der Waals surface area (Å²) in [7, 11) is 0. The van der Waals surface area contributed by atoms with Crippen LogP contribution in [0.4, 0.5) is 17.6 Å². The van der Waals surface area contributed by atoms with Crippen molar-refractivity contribution in [2.24, 2.45) is 0 Å². The number of halogens is 4. The van der Waals surface area contributed by atoms with Crippen LogP contribution in [0.15, 0.2) is 51.8 Å². The molecule has 0 aliphatic rings. The van der Waals surface area contributed by atoms with Crippen LogP contribution in [0.2, 0.25) is 0 Å². The molecule has 4 rings (SSSR count). The summed E-state index contributed by atoms with van der Waals surface area (Å²) in [6.45, 7) is 0. The molecule has 27 heavy (non-hydrogen) atoms. The normalized spacial score (nSPS) is 11.9. The summed E-state index contributed by atoms with van der Waals surface area (Å²) in [5, 5.41) is 10.4. The summed E-state index contributed by atoms with van der Waals surface area (Å²) in [6, 6.07) is 8.60. The number of alkyl halides is 3. The number of aromatic nitrogens is 4. The van der Waals surface area contributed by atoms with Crippen LogP contribution >= 0.6 is 0 Å². The van der Waals surface area contributed by atoms with E-state index >= 15 is 0 Å². The van der Waals surface area contributed by atoms with E-state index in [2.05, 4.69) is 20.3 Å². The fraction of sp³-hybridized carbons (Fsp3) is 0.0588. The number of rotatable bonds is 2. The maximum absolute atomic E-state index is 13.3. The van der Waals surface area contributed by atoms with E-state index in [0.29, 0.717) is 16.8 Å². The van der Waals surface area contributed by atoms with E-state index in [1.807, 2.05) is 0 Å². The van der Waals surface area contributed by atoms with E-state index in [-0.39, 0.29) is 17.4 Å². The first kappa shape index (κ1) is 16.9. The lowest BCUT2D eigenvalue weighted by Crippen LogP contribution is -2.09. The molecule has 136 valence electrons. The third kappa shape index (κ3) is 2.94. The third-order valence-corrected chi connectivity index (χ3v) is 3.85. The molecule has 0 unspecified atom stereocenters. The van der Waals surface area contributed by atoms with E-state index in [1.165, 1.54) is 0 Å². The number of hydrogen-bond acceptors (Lipinski definition) is 5. The highest BCUT2D eigenvalue weighted by molar-refractivity contribution is 5.91. The SMILES string of the molecule is O=c1[nH]nc(-c2nc(-c3ccc(F)cc3C(F)(F)F)no2)c2ccccc12. The van der Waals surface area contributed by atoms with Gasteiger partial charge in [-0.2, -0.15) is 23.3 Å². The molecule has 2 aromatic carbocycles. The molecule has 2 heterocycles. The van der Waals surface area contributed by atoms with Gasteiger partial charge < -0.3 is 4.52 Å². The van der Waals surface area contributed by atoms with Gasteiger partial charge in [0.15, 0.2) is 5.69 Å². The zero-order valence-corrected chi connectivity index (χ0v) is 13.2. The molecule has 6 nitrogen and oxygen atoms in total. The fourth-order valence-corrected chi connectivity index (χ4v) is 2.65. The summed E-state index contributed by atoms with van der Waals surface area (Å²) in [5.41, 5.74) is -1.99. The summed E-state index contributed by atoms with van der Waals surface area (Å²) in [4.78, 5) is 15.8. The average molecular weight is 376 g/mol. The van der Waals surface area contributed by atoms with E-state index in [9.17, 15) is 22.4 Å². The molecule has 0 saturated carbocycles. The average Bonchev–Trinajstić information content (AvgIpc) is 3.11. The Morgan fingerprint density at radius 2 is 1.78 bits per heavy atom. The van der Waals surface area contributed by atoms with Gasteiger partial charge in [-0.25, -0.2) is 9.49 Å². The Morgan fingerprint density at radius 3 is 2.52 bits per heavy atom. The maximum Gasteiger partial charge on any atom is 0.417 e. The third-order valence-electron chi connectivity index (χ3n) is 3.85. The van der Waals surface area contributed by atoms with Crippen LogP contribution in [0.5, 0.6) is 0 Å². The number of nitrogens with zero attached hydrogens (tertiary/aromatic N) is 3. The minimum absolute atomic E-state index is 0.111. The number of hydrogen-bond donors (Lipinski definition) is 1. The number of benzene rings is 2. The molecular weight excluding hydrogens is 368 g/mol. The van der Waals surface area contributed by atoms with Gasteiger partial charge in [-0.15, -0.1) is 0 Å². The van der Waals surface area contributed by atoms with E-state index in [4.69, 9.17) is 4.52 Å². The number of aromatic amines is 1. The first-order valence-corrected chi connectivity index (χ1v) is 7.53. The van der Waals surface area contributed by atoms with Gasteiger partial charge in [0, 0.05) is 10.9 Å². The van der Waals surface area contributed by atoms with E-state index < -0.39 is 28.7 Å². The summed E-state index contributed by atoms with van der Waals surface area (Å²) in [6.07, 6.45) is -4.80. The Hall–Kier alpha value is -3.56. The molecule has 0 aliphatic carbocycles. The second-order valence-corrected chi connectivity index (χ2v) is 5.56. The molecule has 0 atom stereocenters. The zero-order valence-electron chi connectivity index (χ0n) is 13.2. The minimum Gasteiger partial charge on any atom is -0.332 e. The van der Waals surface area contributed by atoms with Crippen LogP contribution in [-0.4, -0.2) is 20.3 Å². The second-order valence-electron chi connectivity index (χ2n) is 5.56. The Bertz CT molecular complexity index is 1210. The first-order chi connectivity index (χ1) is 12.8. The van der Waals surface area contributed by atoms with Gasteiger partial charge in [0.05, 0.1) is 10.9 Å². The lowest BCUT2D eigenvalue weighted by atomic mass is 10.1. The number of fused-ring (bicyclic) bond motifs is 1. The van der Waals surface area contributed by atoms with Crippen molar-refractivity contribution < 1.29 is 22.1 Å². The molecule has 4 aromatic rings. The standard InChI is InChI=1S/C17H8F4N4O2/c18-8-5-6-11(12(7-8)17(19,20)21)14-22-16(27-25-14)13-9-3-1-2-4-10(9)15(26)24-23-13/h1-7H,(H,24,26). The molecule has 1 N–H and O–H groups in total. The monoisotopic (exact) mass is 376 g/mol. The Kier molecular flexibility index (Phi) is 3.76. The van der Waals surface area contributed by atoms with Crippen molar-refractivity contribution in [3.05, 3.63) is 64.2 Å². The van der Waals surface area contributed by atoms with Gasteiger partial charge in [0.25, 0.3) is 11.4 Å². The summed E-state index contributed by atoms with van der Waals surface area (Å²) >= 11 is 0. The highest BCUT2D eigenvalue weighted by atomic mass is 19.4. The van der Waals surface area contributed by atoms with Crippen molar-refractivity contribution in [1.29, 1.82) is 0 Å². The van der Waals surface area contributed by atoms with Gasteiger partial charge in [-0.3, -0.25) is 4.79 Å². The van der Waals surface area contributed by atoms with Crippen LogP contribution in [0, 0.1) is 5.82 Å². The Labute approximate surface area is 147 Å². The van der Waals surface area contributed by atoms with Crippen LogP contribution in [0.1, 0.15) is 5.56 Å². The van der Waals surface area contributed by atoms with E-state index in [1.54, 1.807) is 24.3 Å².